The van der Waals surface area contributed by atoms with Crippen LogP contribution in [0.15, 0.2) is 110 Å². The van der Waals surface area contributed by atoms with Crippen molar-refractivity contribution in [2.75, 3.05) is 0 Å². The van der Waals surface area contributed by atoms with Crippen LogP contribution in [0.3, 0.4) is 0 Å². The second-order valence-corrected chi connectivity index (χ2v) is 9.82. The molecule has 0 spiro atoms. The molecule has 10 nitrogen and oxygen atoms in total. The van der Waals surface area contributed by atoms with Crippen molar-refractivity contribution < 1.29 is 17.1 Å². The Morgan fingerprint density at radius 1 is 0.439 bits per heavy atom. The van der Waals surface area contributed by atoms with Crippen LogP contribution in [0.2, 0.25) is 0 Å². The van der Waals surface area contributed by atoms with Crippen molar-refractivity contribution in [2.45, 2.75) is 39.3 Å². The number of nitrogens with zero attached hydrogens (tertiary/aromatic N) is 10. The van der Waals surface area contributed by atoms with Gasteiger partial charge >= 0.3 is 0 Å². The largest absolute Gasteiger partial charge is 0.285 e. The minimum atomic E-state index is 0. The third-order valence-corrected chi connectivity index (χ3v) is 6.48. The van der Waals surface area contributed by atoms with Gasteiger partial charge in [0, 0.05) is 36.7 Å². The molecular formula is C30H30CuN10. The van der Waals surface area contributed by atoms with Crippen LogP contribution in [0.1, 0.15) is 33.8 Å². The first-order valence-electron chi connectivity index (χ1n) is 13.3. The molecule has 0 bridgehead atoms. The first-order chi connectivity index (χ1) is 19.7. The van der Waals surface area contributed by atoms with E-state index in [4.69, 9.17) is 0 Å². The first kappa shape index (κ1) is 28.1. The molecule has 0 atom stereocenters. The van der Waals surface area contributed by atoms with Crippen molar-refractivity contribution in [3.8, 4) is 0 Å². The van der Waals surface area contributed by atoms with Crippen molar-refractivity contribution in [3.05, 3.63) is 143 Å². The minimum absolute atomic E-state index is 0. The zero-order valence-electron chi connectivity index (χ0n) is 22.4. The van der Waals surface area contributed by atoms with Crippen LogP contribution >= 0.6 is 0 Å². The van der Waals surface area contributed by atoms with Gasteiger partial charge in [0.2, 0.25) is 0 Å². The molecular weight excluding hydrogens is 564 g/mol. The van der Waals surface area contributed by atoms with Gasteiger partial charge in [-0.1, -0.05) is 107 Å². The molecule has 0 amide bonds. The molecule has 0 aliphatic carbocycles. The molecule has 0 saturated heterocycles. The molecule has 0 saturated carbocycles. The van der Waals surface area contributed by atoms with Gasteiger partial charge in [-0.3, -0.25) is 4.90 Å². The number of hydrogen-bond donors (Lipinski definition) is 0. The molecule has 0 aliphatic rings. The van der Waals surface area contributed by atoms with E-state index in [9.17, 15) is 0 Å². The molecule has 0 fully saturated rings. The van der Waals surface area contributed by atoms with Crippen LogP contribution in [0.25, 0.3) is 0 Å². The number of rotatable bonds is 12. The predicted octanol–water partition coefficient (Wildman–Crippen LogP) is 3.81. The second-order valence-electron chi connectivity index (χ2n) is 9.82. The summed E-state index contributed by atoms with van der Waals surface area (Å²) in [5.74, 6) is 0. The SMILES string of the molecule is [Cu].c1ccc(Cn2cc(CN(Cc3cn(Cc4ccccc4)nn3)Cc3cn(Cc4ccccc4)nn3)nn2)cc1. The van der Waals surface area contributed by atoms with Gasteiger partial charge in [-0.2, -0.15) is 0 Å². The van der Waals surface area contributed by atoms with E-state index in [1.807, 2.05) is 87.2 Å². The molecule has 3 heterocycles. The van der Waals surface area contributed by atoms with Crippen molar-refractivity contribution in [1.29, 1.82) is 0 Å². The van der Waals surface area contributed by atoms with Crippen LogP contribution in [0, 0.1) is 0 Å². The van der Waals surface area contributed by atoms with Crippen molar-refractivity contribution in [2.24, 2.45) is 0 Å². The van der Waals surface area contributed by atoms with Gasteiger partial charge in [0.05, 0.1) is 55.3 Å². The zero-order valence-corrected chi connectivity index (χ0v) is 23.4. The summed E-state index contributed by atoms with van der Waals surface area (Å²) < 4.78 is 5.61. The molecule has 0 unspecified atom stereocenters. The van der Waals surface area contributed by atoms with E-state index in [0.717, 1.165) is 17.1 Å². The fourth-order valence-electron chi connectivity index (χ4n) is 4.63. The summed E-state index contributed by atoms with van der Waals surface area (Å²) in [5.41, 5.74) is 6.18. The molecule has 6 rings (SSSR count). The minimum Gasteiger partial charge on any atom is -0.285 e. The van der Waals surface area contributed by atoms with Gasteiger partial charge in [-0.25, -0.2) is 14.0 Å². The summed E-state index contributed by atoms with van der Waals surface area (Å²) in [4.78, 5) is 2.24. The molecule has 3 aromatic carbocycles. The Labute approximate surface area is 249 Å². The van der Waals surface area contributed by atoms with Gasteiger partial charge in [-0.15, -0.1) is 15.3 Å². The van der Waals surface area contributed by atoms with E-state index >= 15 is 0 Å². The van der Waals surface area contributed by atoms with Crippen LogP contribution in [0.5, 0.6) is 0 Å². The molecule has 41 heavy (non-hydrogen) atoms. The molecule has 0 N–H and O–H groups in total. The topological polar surface area (TPSA) is 95.4 Å². The normalized spacial score (nSPS) is 11.0. The van der Waals surface area contributed by atoms with E-state index in [-0.39, 0.29) is 17.1 Å². The predicted molar refractivity (Wildman–Crippen MR) is 150 cm³/mol. The maximum absolute atomic E-state index is 4.45. The Kier molecular flexibility index (Phi) is 9.43. The summed E-state index contributed by atoms with van der Waals surface area (Å²) in [5, 5.41) is 26.4. The van der Waals surface area contributed by atoms with Crippen LogP contribution in [-0.2, 0) is 56.3 Å². The van der Waals surface area contributed by atoms with Crippen LogP contribution < -0.4 is 0 Å². The van der Waals surface area contributed by atoms with Crippen molar-refractivity contribution in [1.82, 2.24) is 49.9 Å². The third-order valence-electron chi connectivity index (χ3n) is 6.48. The summed E-state index contributed by atoms with van der Waals surface area (Å²) in [6, 6.07) is 30.8. The zero-order chi connectivity index (χ0) is 27.0. The van der Waals surface area contributed by atoms with Crippen molar-refractivity contribution in [3.63, 3.8) is 0 Å². The van der Waals surface area contributed by atoms with Gasteiger partial charge in [0.1, 0.15) is 0 Å². The van der Waals surface area contributed by atoms with Gasteiger partial charge in [0.15, 0.2) is 0 Å². The maximum Gasteiger partial charge on any atom is 0.0967 e. The van der Waals surface area contributed by atoms with Crippen molar-refractivity contribution >= 4 is 0 Å². The van der Waals surface area contributed by atoms with Gasteiger partial charge in [-0.05, 0) is 16.7 Å². The quantitative estimate of drug-likeness (QED) is 0.199. The average molecular weight is 594 g/mol. The Morgan fingerprint density at radius 3 is 1.02 bits per heavy atom. The molecule has 0 aliphatic heterocycles. The van der Waals surface area contributed by atoms with E-state index in [0.29, 0.717) is 39.3 Å². The maximum atomic E-state index is 4.45. The van der Waals surface area contributed by atoms with E-state index in [2.05, 4.69) is 72.2 Å². The average Bonchev–Trinajstić information content (AvgIpc) is 3.73. The molecule has 211 valence electrons. The number of aromatic nitrogens is 9. The molecule has 3 aromatic heterocycles. The summed E-state index contributed by atoms with van der Waals surface area (Å²) >= 11 is 0. The number of benzene rings is 3. The monoisotopic (exact) mass is 593 g/mol. The third kappa shape index (κ3) is 8.04. The molecule has 6 aromatic rings. The molecule has 1 radical (unpaired) electrons. The Morgan fingerprint density at radius 2 is 0.732 bits per heavy atom. The summed E-state index contributed by atoms with van der Waals surface area (Å²) in [7, 11) is 0. The summed E-state index contributed by atoms with van der Waals surface area (Å²) in [6.45, 7) is 3.80. The Bertz CT molecular complexity index is 1420. The Hall–Kier alpha value is -4.44. The fraction of sp³-hybridized carbons (Fsp3) is 0.200. The summed E-state index contributed by atoms with van der Waals surface area (Å²) in [6.07, 6.45) is 6.00. The van der Waals surface area contributed by atoms with E-state index in [1.165, 1.54) is 16.7 Å². The van der Waals surface area contributed by atoms with E-state index in [1.54, 1.807) is 0 Å². The Balaban J connectivity index is 0.00000337. The second kappa shape index (κ2) is 13.8. The number of hydrogen-bond acceptors (Lipinski definition) is 7. The molecule has 11 heteroatoms. The van der Waals surface area contributed by atoms with Gasteiger partial charge < -0.3 is 0 Å². The standard InChI is InChI=1S/C30H30N10.Cu/c1-4-10-25(11-5-1)16-38-22-28(31-34-38)19-37(20-29-23-39(35-32-29)17-26-12-6-2-7-13-26)21-30-24-40(36-33-30)18-27-14-8-3-9-15-27;/h1-15,22-24H,16-21H2;. The van der Waals surface area contributed by atoms with Gasteiger partial charge in [0.25, 0.3) is 0 Å². The smallest absolute Gasteiger partial charge is 0.0967 e. The van der Waals surface area contributed by atoms with Crippen LogP contribution in [0.4, 0.5) is 0 Å². The first-order valence-corrected chi connectivity index (χ1v) is 13.3. The van der Waals surface area contributed by atoms with E-state index < -0.39 is 0 Å². The fourth-order valence-corrected chi connectivity index (χ4v) is 4.63. The van der Waals surface area contributed by atoms with Crippen LogP contribution in [-0.4, -0.2) is 49.9 Å².